The molecule has 0 bridgehead atoms. The number of nitriles is 1. The molecule has 60 valence electrons. The van der Waals surface area contributed by atoms with Crippen LogP contribution in [-0.4, -0.2) is 25.0 Å². The maximum atomic E-state index is 8.40. The molecule has 0 saturated heterocycles. The topological polar surface area (TPSA) is 27.0 Å². The quantitative estimate of drug-likeness (QED) is 0.449. The molecule has 0 heterocycles. The van der Waals surface area contributed by atoms with Gasteiger partial charge >= 0.3 is 0 Å². The van der Waals surface area contributed by atoms with Crippen LogP contribution in [0.15, 0.2) is 12.2 Å². The van der Waals surface area contributed by atoms with Gasteiger partial charge in [0, 0.05) is 6.54 Å². The second-order valence-corrected chi connectivity index (χ2v) is 3.16. The van der Waals surface area contributed by atoms with Gasteiger partial charge in [-0.15, -0.1) is 0 Å². The average Bonchev–Trinajstić information content (AvgIpc) is 2.40. The van der Waals surface area contributed by atoms with Gasteiger partial charge < -0.3 is 0 Å². The lowest BCUT2D eigenvalue weighted by Crippen LogP contribution is -2.24. The van der Waals surface area contributed by atoms with E-state index in [0.29, 0.717) is 6.54 Å². The summed E-state index contributed by atoms with van der Waals surface area (Å²) in [6, 6.07) is 2.15. The summed E-state index contributed by atoms with van der Waals surface area (Å²) in [5.41, 5.74) is 0. The van der Waals surface area contributed by atoms with Crippen molar-refractivity contribution in [1.29, 1.82) is 5.26 Å². The molecular weight excluding hydrogens is 136 g/mol. The minimum absolute atomic E-state index is 0.552. The Morgan fingerprint density at radius 3 is 2.73 bits per heavy atom. The molecule has 0 aromatic rings. The molecule has 11 heavy (non-hydrogen) atoms. The molecule has 0 fully saturated rings. The SMILES string of the molecule is CN(CC#N)CC1CC=CC1. The summed E-state index contributed by atoms with van der Waals surface area (Å²) in [6.07, 6.45) is 6.83. The monoisotopic (exact) mass is 150 g/mol. The third-order valence-electron chi connectivity index (χ3n) is 2.02. The van der Waals surface area contributed by atoms with Gasteiger partial charge in [-0.1, -0.05) is 12.2 Å². The summed E-state index contributed by atoms with van der Waals surface area (Å²) >= 11 is 0. The van der Waals surface area contributed by atoms with Gasteiger partial charge in [-0.05, 0) is 25.8 Å². The maximum absolute atomic E-state index is 8.40. The third-order valence-corrected chi connectivity index (χ3v) is 2.02. The van der Waals surface area contributed by atoms with Crippen LogP contribution < -0.4 is 0 Å². The Balaban J connectivity index is 2.15. The molecular formula is C9H14N2. The molecule has 0 unspecified atom stereocenters. The van der Waals surface area contributed by atoms with Crippen LogP contribution in [-0.2, 0) is 0 Å². The van der Waals surface area contributed by atoms with E-state index in [1.54, 1.807) is 0 Å². The van der Waals surface area contributed by atoms with Crippen molar-refractivity contribution in [3.05, 3.63) is 12.2 Å². The van der Waals surface area contributed by atoms with Crippen molar-refractivity contribution in [3.8, 4) is 6.07 Å². The smallest absolute Gasteiger partial charge is 0.0863 e. The van der Waals surface area contributed by atoms with Crippen molar-refractivity contribution in [2.75, 3.05) is 20.1 Å². The predicted octanol–water partition coefficient (Wildman–Crippen LogP) is 1.41. The zero-order valence-electron chi connectivity index (χ0n) is 6.95. The van der Waals surface area contributed by atoms with Crippen LogP contribution in [0.1, 0.15) is 12.8 Å². The summed E-state index contributed by atoms with van der Waals surface area (Å²) < 4.78 is 0. The molecule has 0 radical (unpaired) electrons. The zero-order chi connectivity index (χ0) is 8.10. The highest BCUT2D eigenvalue weighted by molar-refractivity contribution is 4.95. The normalized spacial score (nSPS) is 17.5. The fourth-order valence-electron chi connectivity index (χ4n) is 1.45. The molecule has 2 nitrogen and oxygen atoms in total. The van der Waals surface area contributed by atoms with E-state index >= 15 is 0 Å². The van der Waals surface area contributed by atoms with Gasteiger partial charge in [0.25, 0.3) is 0 Å². The van der Waals surface area contributed by atoms with Crippen LogP contribution in [0.3, 0.4) is 0 Å². The largest absolute Gasteiger partial charge is 0.293 e. The molecule has 0 aliphatic heterocycles. The van der Waals surface area contributed by atoms with E-state index in [0.717, 1.165) is 12.5 Å². The van der Waals surface area contributed by atoms with Gasteiger partial charge in [0.15, 0.2) is 0 Å². The maximum Gasteiger partial charge on any atom is 0.0863 e. The fraction of sp³-hybridized carbons (Fsp3) is 0.667. The Morgan fingerprint density at radius 2 is 2.18 bits per heavy atom. The van der Waals surface area contributed by atoms with Crippen LogP contribution in [0.4, 0.5) is 0 Å². The highest BCUT2D eigenvalue weighted by atomic mass is 15.1. The third kappa shape index (κ3) is 2.73. The first-order valence-corrected chi connectivity index (χ1v) is 4.03. The molecule has 1 aliphatic carbocycles. The number of hydrogen-bond donors (Lipinski definition) is 0. The highest BCUT2D eigenvalue weighted by Gasteiger charge is 2.11. The second kappa shape index (κ2) is 4.15. The molecule has 0 N–H and O–H groups in total. The molecule has 0 saturated carbocycles. The molecule has 0 aromatic heterocycles. The molecule has 0 atom stereocenters. The Bertz CT molecular complexity index is 170. The van der Waals surface area contributed by atoms with E-state index in [2.05, 4.69) is 23.1 Å². The average molecular weight is 150 g/mol. The van der Waals surface area contributed by atoms with E-state index in [1.165, 1.54) is 12.8 Å². The first-order chi connectivity index (χ1) is 5.33. The summed E-state index contributed by atoms with van der Waals surface area (Å²) in [4.78, 5) is 2.08. The van der Waals surface area contributed by atoms with Gasteiger partial charge in [0.2, 0.25) is 0 Å². The minimum Gasteiger partial charge on any atom is -0.293 e. The Morgan fingerprint density at radius 1 is 1.55 bits per heavy atom. The zero-order valence-corrected chi connectivity index (χ0v) is 6.95. The first kappa shape index (κ1) is 8.29. The van der Waals surface area contributed by atoms with Crippen LogP contribution in [0.25, 0.3) is 0 Å². The first-order valence-electron chi connectivity index (χ1n) is 4.03. The highest BCUT2D eigenvalue weighted by Crippen LogP contribution is 2.17. The van der Waals surface area contributed by atoms with Crippen LogP contribution in [0, 0.1) is 17.2 Å². The lowest BCUT2D eigenvalue weighted by molar-refractivity contribution is 0.310. The van der Waals surface area contributed by atoms with Crippen molar-refractivity contribution >= 4 is 0 Å². The summed E-state index contributed by atoms with van der Waals surface area (Å²) in [5, 5.41) is 8.40. The van der Waals surface area contributed by atoms with E-state index in [-0.39, 0.29) is 0 Å². The van der Waals surface area contributed by atoms with E-state index < -0.39 is 0 Å². The van der Waals surface area contributed by atoms with Crippen molar-refractivity contribution in [2.24, 2.45) is 5.92 Å². The standard InChI is InChI=1S/C9H14N2/c1-11(7-6-10)8-9-4-2-3-5-9/h2-3,9H,4-5,7-8H2,1H3. The molecule has 0 aromatic carbocycles. The number of hydrogen-bond acceptors (Lipinski definition) is 2. The van der Waals surface area contributed by atoms with Crippen LogP contribution in [0.5, 0.6) is 0 Å². The molecule has 2 heteroatoms. The van der Waals surface area contributed by atoms with E-state index in [1.807, 2.05) is 7.05 Å². The second-order valence-electron chi connectivity index (χ2n) is 3.16. The van der Waals surface area contributed by atoms with Crippen molar-refractivity contribution in [1.82, 2.24) is 4.90 Å². The summed E-state index contributed by atoms with van der Waals surface area (Å²) in [6.45, 7) is 1.61. The van der Waals surface area contributed by atoms with Crippen molar-refractivity contribution in [3.63, 3.8) is 0 Å². The van der Waals surface area contributed by atoms with Crippen molar-refractivity contribution in [2.45, 2.75) is 12.8 Å². The van der Waals surface area contributed by atoms with Gasteiger partial charge in [0.05, 0.1) is 12.6 Å². The predicted molar refractivity (Wildman–Crippen MR) is 45.0 cm³/mol. The van der Waals surface area contributed by atoms with Crippen LogP contribution in [0.2, 0.25) is 0 Å². The molecule has 0 amide bonds. The van der Waals surface area contributed by atoms with Gasteiger partial charge in [0.1, 0.15) is 0 Å². The minimum atomic E-state index is 0.552. The molecule has 0 spiro atoms. The Labute approximate surface area is 68.1 Å². The van der Waals surface area contributed by atoms with Gasteiger partial charge in [-0.2, -0.15) is 5.26 Å². The van der Waals surface area contributed by atoms with Gasteiger partial charge in [-0.3, -0.25) is 4.90 Å². The summed E-state index contributed by atoms with van der Waals surface area (Å²) in [5.74, 6) is 0.758. The van der Waals surface area contributed by atoms with E-state index in [4.69, 9.17) is 5.26 Å². The molecule has 1 rings (SSSR count). The number of allylic oxidation sites excluding steroid dienone is 2. The number of nitrogens with zero attached hydrogens (tertiary/aromatic N) is 2. The van der Waals surface area contributed by atoms with Crippen molar-refractivity contribution < 1.29 is 0 Å². The summed E-state index contributed by atoms with van der Waals surface area (Å²) in [7, 11) is 2.00. The fourth-order valence-corrected chi connectivity index (χ4v) is 1.45. The lowest BCUT2D eigenvalue weighted by Gasteiger charge is -2.16. The Kier molecular flexibility index (Phi) is 3.13. The number of rotatable bonds is 3. The lowest BCUT2D eigenvalue weighted by atomic mass is 10.1. The van der Waals surface area contributed by atoms with E-state index in [9.17, 15) is 0 Å². The van der Waals surface area contributed by atoms with Gasteiger partial charge in [-0.25, -0.2) is 0 Å². The van der Waals surface area contributed by atoms with Crippen LogP contribution >= 0.6 is 0 Å². The molecule has 1 aliphatic rings. The Hall–Kier alpha value is -0.810.